The number of hydrogen-bond donors (Lipinski definition) is 1. The van der Waals surface area contributed by atoms with Crippen LogP contribution in [0.3, 0.4) is 0 Å². The van der Waals surface area contributed by atoms with Gasteiger partial charge in [-0.05, 0) is 12.1 Å². The van der Waals surface area contributed by atoms with E-state index < -0.39 is 4.92 Å². The molecule has 0 aliphatic heterocycles. The molecule has 2 rings (SSSR count). The summed E-state index contributed by atoms with van der Waals surface area (Å²) in [6, 6.07) is 9.04. The van der Waals surface area contributed by atoms with Gasteiger partial charge in [-0.15, -0.1) is 5.10 Å². The lowest BCUT2D eigenvalue weighted by molar-refractivity contribution is -0.385. The summed E-state index contributed by atoms with van der Waals surface area (Å²) in [4.78, 5) is 22.0. The number of rotatable bonds is 6. The van der Waals surface area contributed by atoms with E-state index in [9.17, 15) is 14.9 Å². The minimum absolute atomic E-state index is 0.0662. The first-order valence-corrected chi connectivity index (χ1v) is 6.21. The maximum atomic E-state index is 11.8. The minimum Gasteiger partial charge on any atom is -0.475 e. The highest BCUT2D eigenvalue weighted by atomic mass is 16.6. The van der Waals surface area contributed by atoms with E-state index >= 15 is 0 Å². The molecule has 1 heterocycles. The number of para-hydroxylation sites is 1. The van der Waals surface area contributed by atoms with Gasteiger partial charge < -0.3 is 10.1 Å². The van der Waals surface area contributed by atoms with Crippen molar-refractivity contribution >= 4 is 17.3 Å². The quantitative estimate of drug-likeness (QED) is 0.646. The Morgan fingerprint density at radius 2 is 2.14 bits per heavy atom. The monoisotopic (exact) mass is 290 g/mol. The summed E-state index contributed by atoms with van der Waals surface area (Å²) in [6.07, 6.45) is 1.39. The van der Waals surface area contributed by atoms with Crippen LogP contribution in [0.25, 0.3) is 0 Å². The van der Waals surface area contributed by atoms with Crippen LogP contribution in [0, 0.1) is 10.1 Å². The predicted molar refractivity (Wildman–Crippen MR) is 75.1 cm³/mol. The Morgan fingerprint density at radius 1 is 1.43 bits per heavy atom. The third-order valence-electron chi connectivity index (χ3n) is 2.73. The molecule has 0 atom stereocenters. The average Bonchev–Trinajstić information content (AvgIpc) is 2.90. The number of nitrogens with zero attached hydrogens (tertiary/aromatic N) is 3. The second-order valence-corrected chi connectivity index (χ2v) is 4.21. The molecule has 0 saturated carbocycles. The van der Waals surface area contributed by atoms with Crippen molar-refractivity contribution in [2.45, 2.75) is 13.0 Å². The summed E-state index contributed by atoms with van der Waals surface area (Å²) in [6.45, 7) is 0.225. The van der Waals surface area contributed by atoms with Crippen LogP contribution in [-0.2, 0) is 11.3 Å². The lowest BCUT2D eigenvalue weighted by Crippen LogP contribution is -2.14. The van der Waals surface area contributed by atoms with Crippen molar-refractivity contribution in [3.63, 3.8) is 0 Å². The molecule has 0 bridgehead atoms. The number of aromatic nitrogens is 2. The second kappa shape index (κ2) is 6.51. The molecule has 0 spiro atoms. The van der Waals surface area contributed by atoms with E-state index in [2.05, 4.69) is 10.4 Å². The molecule has 0 fully saturated rings. The topological polar surface area (TPSA) is 99.3 Å². The van der Waals surface area contributed by atoms with E-state index in [4.69, 9.17) is 4.74 Å². The fraction of sp³-hybridized carbons (Fsp3) is 0.231. The van der Waals surface area contributed by atoms with Gasteiger partial charge in [0, 0.05) is 12.1 Å². The fourth-order valence-corrected chi connectivity index (χ4v) is 1.74. The van der Waals surface area contributed by atoms with Crippen molar-refractivity contribution in [1.29, 1.82) is 0 Å². The van der Waals surface area contributed by atoms with E-state index in [0.29, 0.717) is 5.69 Å². The van der Waals surface area contributed by atoms with E-state index in [1.54, 1.807) is 12.1 Å². The Labute approximate surface area is 120 Å². The van der Waals surface area contributed by atoms with Crippen LogP contribution in [0.2, 0.25) is 0 Å². The van der Waals surface area contributed by atoms with Crippen LogP contribution >= 0.6 is 0 Å². The first-order chi connectivity index (χ1) is 10.1. The molecule has 8 heteroatoms. The van der Waals surface area contributed by atoms with E-state index in [0.717, 1.165) is 0 Å². The van der Waals surface area contributed by atoms with Gasteiger partial charge >= 0.3 is 11.6 Å². The summed E-state index contributed by atoms with van der Waals surface area (Å²) in [7, 11) is 1.31. The maximum Gasteiger partial charge on any atom is 0.350 e. The largest absolute Gasteiger partial charge is 0.475 e. The molecule has 1 N–H and O–H groups in total. The lowest BCUT2D eigenvalue weighted by Gasteiger charge is -2.04. The third-order valence-corrected chi connectivity index (χ3v) is 2.73. The SMILES string of the molecule is COc1nn(CCC(=O)Nc2ccccc2)cc1[N+](=O)[O-]. The number of amides is 1. The summed E-state index contributed by atoms with van der Waals surface area (Å²) in [5, 5.41) is 17.4. The smallest absolute Gasteiger partial charge is 0.350 e. The zero-order valence-electron chi connectivity index (χ0n) is 11.4. The highest BCUT2D eigenvalue weighted by molar-refractivity contribution is 5.90. The van der Waals surface area contributed by atoms with Crippen LogP contribution < -0.4 is 10.1 Å². The number of carbonyl (C=O) groups excluding carboxylic acids is 1. The van der Waals surface area contributed by atoms with Gasteiger partial charge in [0.1, 0.15) is 6.20 Å². The summed E-state index contributed by atoms with van der Waals surface area (Å²) < 4.78 is 6.14. The van der Waals surface area contributed by atoms with Crippen LogP contribution in [-0.4, -0.2) is 27.7 Å². The number of hydrogen-bond acceptors (Lipinski definition) is 5. The standard InChI is InChI=1S/C13H14N4O4/c1-21-13-11(17(19)20)9-16(15-13)8-7-12(18)14-10-5-3-2-4-6-10/h2-6,9H,7-8H2,1H3,(H,14,18). The Balaban J connectivity index is 1.94. The molecule has 1 aromatic heterocycles. The Hall–Kier alpha value is -2.90. The Morgan fingerprint density at radius 3 is 2.71 bits per heavy atom. The number of anilines is 1. The third kappa shape index (κ3) is 3.78. The van der Waals surface area contributed by atoms with Crippen LogP contribution in [0.15, 0.2) is 36.5 Å². The van der Waals surface area contributed by atoms with Crippen molar-refractivity contribution in [2.24, 2.45) is 0 Å². The van der Waals surface area contributed by atoms with Crippen molar-refractivity contribution in [1.82, 2.24) is 9.78 Å². The van der Waals surface area contributed by atoms with Gasteiger partial charge in [0.2, 0.25) is 5.91 Å². The molecular weight excluding hydrogens is 276 g/mol. The predicted octanol–water partition coefficient (Wildman–Crippen LogP) is 1.83. The van der Waals surface area contributed by atoms with Crippen LogP contribution in [0.1, 0.15) is 6.42 Å². The molecule has 21 heavy (non-hydrogen) atoms. The van der Waals surface area contributed by atoms with Gasteiger partial charge in [0.15, 0.2) is 0 Å². The van der Waals surface area contributed by atoms with Crippen LogP contribution in [0.5, 0.6) is 5.88 Å². The number of nitro groups is 1. The first-order valence-electron chi connectivity index (χ1n) is 6.21. The molecule has 0 aliphatic carbocycles. The highest BCUT2D eigenvalue weighted by Gasteiger charge is 2.20. The Bertz CT molecular complexity index is 639. The summed E-state index contributed by atoms with van der Waals surface area (Å²) >= 11 is 0. The van der Waals surface area contributed by atoms with E-state index in [1.165, 1.54) is 18.0 Å². The molecule has 1 amide bonds. The fourth-order valence-electron chi connectivity index (χ4n) is 1.74. The molecule has 110 valence electrons. The van der Waals surface area contributed by atoms with E-state index in [1.807, 2.05) is 18.2 Å². The maximum absolute atomic E-state index is 11.8. The van der Waals surface area contributed by atoms with Gasteiger partial charge in [0.25, 0.3) is 0 Å². The minimum atomic E-state index is -0.577. The zero-order chi connectivity index (χ0) is 15.2. The van der Waals surface area contributed by atoms with Crippen molar-refractivity contribution < 1.29 is 14.5 Å². The normalized spacial score (nSPS) is 10.1. The first kappa shape index (κ1) is 14.5. The number of carbonyl (C=O) groups is 1. The molecule has 1 aromatic carbocycles. The van der Waals surface area contributed by atoms with Gasteiger partial charge in [-0.1, -0.05) is 18.2 Å². The highest BCUT2D eigenvalue weighted by Crippen LogP contribution is 2.23. The second-order valence-electron chi connectivity index (χ2n) is 4.21. The molecule has 0 radical (unpaired) electrons. The van der Waals surface area contributed by atoms with Gasteiger partial charge in [-0.2, -0.15) is 0 Å². The zero-order valence-corrected chi connectivity index (χ0v) is 11.4. The molecule has 8 nitrogen and oxygen atoms in total. The summed E-state index contributed by atoms with van der Waals surface area (Å²) in [5.74, 6) is -0.262. The number of ether oxygens (including phenoxy) is 1. The Kier molecular flexibility index (Phi) is 4.50. The number of aryl methyl sites for hydroxylation is 1. The van der Waals surface area contributed by atoms with Gasteiger partial charge in [0.05, 0.1) is 18.6 Å². The van der Waals surface area contributed by atoms with Crippen molar-refractivity contribution in [3.05, 3.63) is 46.6 Å². The molecule has 2 aromatic rings. The van der Waals surface area contributed by atoms with Gasteiger partial charge in [-0.25, -0.2) is 0 Å². The van der Waals surface area contributed by atoms with Gasteiger partial charge in [-0.3, -0.25) is 19.6 Å². The number of nitrogens with one attached hydrogen (secondary N) is 1. The van der Waals surface area contributed by atoms with Crippen molar-refractivity contribution in [3.8, 4) is 5.88 Å². The number of benzene rings is 1. The molecular formula is C13H14N4O4. The van der Waals surface area contributed by atoms with Crippen molar-refractivity contribution in [2.75, 3.05) is 12.4 Å². The number of methoxy groups -OCH3 is 1. The van der Waals surface area contributed by atoms with Crippen LogP contribution in [0.4, 0.5) is 11.4 Å². The molecule has 0 aliphatic rings. The summed E-state index contributed by atoms with van der Waals surface area (Å²) in [5.41, 5.74) is 0.479. The molecule has 0 unspecified atom stereocenters. The molecule has 0 saturated heterocycles. The average molecular weight is 290 g/mol. The lowest BCUT2D eigenvalue weighted by atomic mass is 10.3. The van der Waals surface area contributed by atoms with E-state index in [-0.39, 0.29) is 30.4 Å².